The molecule has 0 spiro atoms. The fourth-order valence-corrected chi connectivity index (χ4v) is 2.82. The monoisotopic (exact) mass is 462 g/mol. The van der Waals surface area contributed by atoms with E-state index in [0.717, 1.165) is 15.2 Å². The van der Waals surface area contributed by atoms with Crippen LogP contribution < -0.4 is 10.6 Å². The number of benzene rings is 2. The van der Waals surface area contributed by atoms with Gasteiger partial charge < -0.3 is 20.8 Å². The van der Waals surface area contributed by atoms with E-state index in [1.165, 1.54) is 6.07 Å². The first-order valence-electron chi connectivity index (χ1n) is 7.45. The van der Waals surface area contributed by atoms with Crippen molar-refractivity contribution in [3.05, 3.63) is 56.7 Å². The van der Waals surface area contributed by atoms with Gasteiger partial charge in [-0.3, -0.25) is 4.79 Å². The van der Waals surface area contributed by atoms with Crippen molar-refractivity contribution < 1.29 is 23.8 Å². The lowest BCUT2D eigenvalue weighted by atomic mass is 10.1. The smallest absolute Gasteiger partial charge is 0.253 e. The van der Waals surface area contributed by atoms with Gasteiger partial charge in [-0.25, -0.2) is 8.78 Å². The van der Waals surface area contributed by atoms with Crippen LogP contribution in [0.3, 0.4) is 0 Å². The highest BCUT2D eigenvalue weighted by Gasteiger charge is 2.19. The van der Waals surface area contributed by atoms with Crippen molar-refractivity contribution in [2.75, 3.05) is 11.9 Å². The summed E-state index contributed by atoms with van der Waals surface area (Å²) in [5, 5.41) is 22.8. The molecule has 4 N–H and O–H groups in total. The van der Waals surface area contributed by atoms with Crippen LogP contribution in [0.4, 0.5) is 20.2 Å². The van der Waals surface area contributed by atoms with Crippen LogP contribution in [-0.4, -0.2) is 29.0 Å². The highest BCUT2D eigenvalue weighted by Crippen LogP contribution is 2.28. The first-order valence-corrected chi connectivity index (χ1v) is 8.53. The fraction of sp³-hybridized carbons (Fsp3) is 0.235. The first kappa shape index (κ1) is 19.5. The van der Waals surface area contributed by atoms with E-state index in [9.17, 15) is 13.6 Å². The molecule has 2 aromatic rings. The molecule has 0 saturated heterocycles. The summed E-state index contributed by atoms with van der Waals surface area (Å²) in [4.78, 5) is 12.2. The van der Waals surface area contributed by atoms with Crippen molar-refractivity contribution in [2.45, 2.75) is 19.6 Å². The number of aliphatic hydroxyl groups excluding tert-OH is 1. The number of anilines is 2. The third kappa shape index (κ3) is 5.10. The maximum absolute atomic E-state index is 14.3. The number of aliphatic hydroxyl groups is 2. The van der Waals surface area contributed by atoms with Gasteiger partial charge in [-0.1, -0.05) is 0 Å². The fourth-order valence-electron chi connectivity index (χ4n) is 2.17. The van der Waals surface area contributed by atoms with E-state index < -0.39 is 23.8 Å². The Kier molecular flexibility index (Phi) is 6.68. The predicted octanol–water partition coefficient (Wildman–Crippen LogP) is 3.05. The first-order chi connectivity index (χ1) is 11.8. The van der Waals surface area contributed by atoms with Crippen LogP contribution in [0, 0.1) is 22.1 Å². The number of nitrogens with one attached hydrogen (secondary N) is 2. The number of hydrogen-bond acceptors (Lipinski definition) is 4. The Morgan fingerprint density at radius 3 is 2.60 bits per heavy atom. The van der Waals surface area contributed by atoms with Gasteiger partial charge in [-0.2, -0.15) is 0 Å². The van der Waals surface area contributed by atoms with Crippen molar-refractivity contribution in [1.82, 2.24) is 5.32 Å². The van der Waals surface area contributed by atoms with Gasteiger partial charge in [-0.15, -0.1) is 0 Å². The molecule has 8 heteroatoms. The Labute approximate surface area is 157 Å². The third-order valence-corrected chi connectivity index (χ3v) is 4.15. The van der Waals surface area contributed by atoms with Crippen molar-refractivity contribution >= 4 is 39.9 Å². The lowest BCUT2D eigenvalue weighted by Crippen LogP contribution is -2.28. The second-order valence-corrected chi connectivity index (χ2v) is 6.64. The summed E-state index contributed by atoms with van der Waals surface area (Å²) < 4.78 is 28.9. The van der Waals surface area contributed by atoms with E-state index in [1.54, 1.807) is 12.1 Å². The summed E-state index contributed by atoms with van der Waals surface area (Å²) in [6, 6.07) is 7.42. The molecular weight excluding hydrogens is 445 g/mol. The number of rotatable bonds is 6. The number of carbonyl (C=O) groups excluding carboxylic acids is 1. The zero-order valence-electron chi connectivity index (χ0n) is 13.3. The van der Waals surface area contributed by atoms with Crippen molar-refractivity contribution in [1.29, 1.82) is 0 Å². The molecule has 0 radical (unpaired) electrons. The van der Waals surface area contributed by atoms with E-state index >= 15 is 0 Å². The highest BCUT2D eigenvalue weighted by molar-refractivity contribution is 14.1. The summed E-state index contributed by atoms with van der Waals surface area (Å²) in [5.41, 5.74) is 1.01. The number of halogens is 3. The molecule has 0 atom stereocenters. The molecule has 0 heterocycles. The number of carbonyl (C=O) groups is 1. The molecular formula is C17H17F2IN2O3. The Morgan fingerprint density at radius 2 is 1.96 bits per heavy atom. The van der Waals surface area contributed by atoms with Gasteiger partial charge in [0.2, 0.25) is 0 Å². The topological polar surface area (TPSA) is 81.6 Å². The summed E-state index contributed by atoms with van der Waals surface area (Å²) in [6.07, 6.45) is -1.63. The van der Waals surface area contributed by atoms with Crippen molar-refractivity contribution in [3.8, 4) is 0 Å². The normalized spacial score (nSPS) is 10.8. The van der Waals surface area contributed by atoms with Crippen LogP contribution in [0.2, 0.25) is 0 Å². The van der Waals surface area contributed by atoms with Gasteiger partial charge in [0.15, 0.2) is 17.9 Å². The van der Waals surface area contributed by atoms with E-state index in [4.69, 9.17) is 10.2 Å². The molecule has 0 aliphatic rings. The molecule has 0 bridgehead atoms. The second kappa shape index (κ2) is 8.54. The SMILES string of the molecule is Cc1cc(I)ccc1Nc1c(C(=O)NCCC(O)O)ccc(F)c1F. The van der Waals surface area contributed by atoms with Gasteiger partial charge in [0.1, 0.15) is 0 Å². The van der Waals surface area contributed by atoms with Crippen molar-refractivity contribution in [2.24, 2.45) is 0 Å². The standard InChI is InChI=1S/C17H17F2IN2O3/c1-9-8-10(20)2-5-13(9)22-16-11(3-4-12(18)15(16)19)17(25)21-7-6-14(23)24/h2-5,8,14,22-24H,6-7H2,1H3,(H,21,25). The molecule has 0 fully saturated rings. The molecule has 0 aromatic heterocycles. The summed E-state index contributed by atoms with van der Waals surface area (Å²) in [6.45, 7) is 1.79. The van der Waals surface area contributed by atoms with Crippen LogP contribution in [0.15, 0.2) is 30.3 Å². The van der Waals surface area contributed by atoms with Gasteiger partial charge in [-0.05, 0) is 65.4 Å². The largest absolute Gasteiger partial charge is 0.368 e. The van der Waals surface area contributed by atoms with E-state index in [2.05, 4.69) is 33.2 Å². The molecule has 1 amide bonds. The van der Waals surface area contributed by atoms with Crippen LogP contribution >= 0.6 is 22.6 Å². The minimum atomic E-state index is -1.56. The van der Waals surface area contributed by atoms with Gasteiger partial charge in [0.05, 0.1) is 11.3 Å². The molecule has 25 heavy (non-hydrogen) atoms. The molecule has 0 saturated carbocycles. The third-order valence-electron chi connectivity index (χ3n) is 3.48. The maximum Gasteiger partial charge on any atom is 0.253 e. The van der Waals surface area contributed by atoms with E-state index in [1.807, 2.05) is 13.0 Å². The molecule has 0 aliphatic heterocycles. The molecule has 2 aromatic carbocycles. The average molecular weight is 462 g/mol. The molecule has 0 aliphatic carbocycles. The highest BCUT2D eigenvalue weighted by atomic mass is 127. The molecule has 5 nitrogen and oxygen atoms in total. The lowest BCUT2D eigenvalue weighted by molar-refractivity contribution is -0.0440. The van der Waals surface area contributed by atoms with Gasteiger partial charge in [0, 0.05) is 22.2 Å². The number of aryl methyl sites for hydroxylation is 1. The lowest BCUT2D eigenvalue weighted by Gasteiger charge is -2.15. The molecule has 2 rings (SSSR count). The zero-order chi connectivity index (χ0) is 18.6. The Balaban J connectivity index is 2.32. The number of amides is 1. The number of hydrogen-bond donors (Lipinski definition) is 4. The van der Waals surface area contributed by atoms with Crippen LogP contribution in [-0.2, 0) is 0 Å². The summed E-state index contributed by atoms with van der Waals surface area (Å²) in [5.74, 6) is -2.88. The van der Waals surface area contributed by atoms with Crippen LogP contribution in [0.5, 0.6) is 0 Å². The summed E-state index contributed by atoms with van der Waals surface area (Å²) >= 11 is 2.14. The van der Waals surface area contributed by atoms with Crippen LogP contribution in [0.25, 0.3) is 0 Å². The summed E-state index contributed by atoms with van der Waals surface area (Å²) in [7, 11) is 0. The van der Waals surface area contributed by atoms with Crippen molar-refractivity contribution in [3.63, 3.8) is 0 Å². The van der Waals surface area contributed by atoms with E-state index in [-0.39, 0.29) is 24.2 Å². The zero-order valence-corrected chi connectivity index (χ0v) is 15.5. The Morgan fingerprint density at radius 1 is 1.24 bits per heavy atom. The molecule has 0 unspecified atom stereocenters. The Hall–Kier alpha value is -1.78. The quantitative estimate of drug-likeness (QED) is 0.393. The predicted molar refractivity (Wildman–Crippen MR) is 98.7 cm³/mol. The van der Waals surface area contributed by atoms with Gasteiger partial charge in [0.25, 0.3) is 5.91 Å². The minimum absolute atomic E-state index is 0.0164. The maximum atomic E-state index is 14.3. The molecule has 134 valence electrons. The van der Waals surface area contributed by atoms with Gasteiger partial charge >= 0.3 is 0 Å². The minimum Gasteiger partial charge on any atom is -0.368 e. The van der Waals surface area contributed by atoms with E-state index in [0.29, 0.717) is 5.69 Å². The average Bonchev–Trinajstić information content (AvgIpc) is 2.53. The Bertz CT molecular complexity index is 785. The van der Waals surface area contributed by atoms with Crippen LogP contribution in [0.1, 0.15) is 22.3 Å². The second-order valence-electron chi connectivity index (χ2n) is 5.39.